The van der Waals surface area contributed by atoms with Crippen molar-refractivity contribution in [1.82, 2.24) is 0 Å². The zero-order valence-corrected chi connectivity index (χ0v) is 20.7. The summed E-state index contributed by atoms with van der Waals surface area (Å²) in [6, 6.07) is 11.8. The molecule has 2 aromatic rings. The third-order valence-corrected chi connectivity index (χ3v) is 6.38. The summed E-state index contributed by atoms with van der Waals surface area (Å²) in [4.78, 5) is 24.6. The zero-order valence-electron chi connectivity index (χ0n) is 19.9. The molecule has 0 atom stereocenters. The Morgan fingerprint density at radius 1 is 1.18 bits per heavy atom. The number of sulfonamides is 1. The minimum absolute atomic E-state index is 0.132. The molecule has 0 fully saturated rings. The van der Waals surface area contributed by atoms with Crippen LogP contribution >= 0.6 is 0 Å². The minimum atomic E-state index is -3.52. The number of amides is 1. The van der Waals surface area contributed by atoms with E-state index in [2.05, 4.69) is 10.6 Å². The van der Waals surface area contributed by atoms with Crippen LogP contribution in [0.25, 0.3) is 5.57 Å². The fourth-order valence-electron chi connectivity index (χ4n) is 3.70. The van der Waals surface area contributed by atoms with Crippen molar-refractivity contribution in [2.24, 2.45) is 5.73 Å². The van der Waals surface area contributed by atoms with E-state index < -0.39 is 21.5 Å². The standard InChI is InChI=1S/C24H30N4O5S/c1-6-19(21-18-12-7-15(23(30)33-4)13-20(18)27-22(21)29)26-16-8-10-17(11-9-16)28(34(5,31)32)14-24(2,3)25/h7-13,26H,6,14,25H2,1-5H3,(H,27,29). The van der Waals surface area contributed by atoms with Crippen LogP contribution in [0.4, 0.5) is 17.1 Å². The van der Waals surface area contributed by atoms with Gasteiger partial charge < -0.3 is 21.1 Å². The number of benzene rings is 2. The largest absolute Gasteiger partial charge is 0.465 e. The van der Waals surface area contributed by atoms with Crippen LogP contribution < -0.4 is 20.7 Å². The Balaban J connectivity index is 1.92. The Kier molecular flexibility index (Phi) is 7.04. The number of anilines is 3. The number of carbonyl (C=O) groups is 2. The van der Waals surface area contributed by atoms with Gasteiger partial charge in [-0.15, -0.1) is 0 Å². The van der Waals surface area contributed by atoms with Crippen molar-refractivity contribution in [3.63, 3.8) is 0 Å². The first kappa shape index (κ1) is 25.3. The molecule has 2 aromatic carbocycles. The van der Waals surface area contributed by atoms with Crippen LogP contribution in [0.3, 0.4) is 0 Å². The highest BCUT2D eigenvalue weighted by molar-refractivity contribution is 7.92. The third kappa shape index (κ3) is 5.57. The maximum Gasteiger partial charge on any atom is 0.337 e. The number of rotatable bonds is 8. The van der Waals surface area contributed by atoms with Gasteiger partial charge in [-0.3, -0.25) is 9.10 Å². The van der Waals surface area contributed by atoms with Gasteiger partial charge in [0.05, 0.1) is 42.4 Å². The molecule has 1 heterocycles. The second kappa shape index (κ2) is 9.47. The van der Waals surface area contributed by atoms with E-state index in [4.69, 9.17) is 10.5 Å². The Bertz CT molecular complexity index is 1250. The van der Waals surface area contributed by atoms with Crippen molar-refractivity contribution >= 4 is 44.5 Å². The van der Waals surface area contributed by atoms with Crippen molar-refractivity contribution in [3.05, 3.63) is 59.3 Å². The molecule has 0 aliphatic carbocycles. The summed E-state index contributed by atoms with van der Waals surface area (Å²) in [5.74, 6) is -0.754. The molecular formula is C24H30N4O5S. The lowest BCUT2D eigenvalue weighted by molar-refractivity contribution is -0.110. The first-order valence-electron chi connectivity index (χ1n) is 10.7. The highest BCUT2D eigenvalue weighted by atomic mass is 32.2. The smallest absolute Gasteiger partial charge is 0.337 e. The van der Waals surface area contributed by atoms with Gasteiger partial charge in [0.25, 0.3) is 5.91 Å². The van der Waals surface area contributed by atoms with Crippen molar-refractivity contribution in [1.29, 1.82) is 0 Å². The number of fused-ring (bicyclic) bond motifs is 1. The number of hydrogen-bond donors (Lipinski definition) is 3. The zero-order chi connectivity index (χ0) is 25.3. The summed E-state index contributed by atoms with van der Waals surface area (Å²) in [5, 5.41) is 6.08. The topological polar surface area (TPSA) is 131 Å². The van der Waals surface area contributed by atoms with E-state index in [1.807, 2.05) is 6.92 Å². The summed E-state index contributed by atoms with van der Waals surface area (Å²) >= 11 is 0. The molecule has 4 N–H and O–H groups in total. The molecule has 3 rings (SSSR count). The highest BCUT2D eigenvalue weighted by Crippen LogP contribution is 2.36. The number of carbonyl (C=O) groups excluding carboxylic acids is 2. The van der Waals surface area contributed by atoms with Gasteiger partial charge in [-0.05, 0) is 56.7 Å². The number of allylic oxidation sites excluding steroid dienone is 1. The van der Waals surface area contributed by atoms with Crippen LogP contribution in [0.5, 0.6) is 0 Å². The van der Waals surface area contributed by atoms with E-state index in [-0.39, 0.29) is 12.5 Å². The highest BCUT2D eigenvalue weighted by Gasteiger charge is 2.28. The first-order chi connectivity index (χ1) is 15.8. The Morgan fingerprint density at radius 3 is 2.35 bits per heavy atom. The van der Waals surface area contributed by atoms with Crippen molar-refractivity contribution in [2.75, 3.05) is 34.8 Å². The number of nitrogens with zero attached hydrogens (tertiary/aromatic N) is 1. The van der Waals surface area contributed by atoms with Crippen molar-refractivity contribution in [3.8, 4) is 0 Å². The average Bonchev–Trinajstić information content (AvgIpc) is 3.09. The predicted molar refractivity (Wildman–Crippen MR) is 134 cm³/mol. The molecular weight excluding hydrogens is 456 g/mol. The van der Waals surface area contributed by atoms with Crippen LogP contribution in [0.2, 0.25) is 0 Å². The summed E-state index contributed by atoms with van der Waals surface area (Å²) in [6.45, 7) is 5.58. The van der Waals surface area contributed by atoms with Gasteiger partial charge in [0.15, 0.2) is 0 Å². The maximum atomic E-state index is 12.7. The summed E-state index contributed by atoms with van der Waals surface area (Å²) in [5.41, 5.74) is 9.29. The quantitative estimate of drug-likeness (QED) is 0.386. The molecule has 10 heteroatoms. The van der Waals surface area contributed by atoms with Gasteiger partial charge in [0, 0.05) is 22.5 Å². The molecule has 0 saturated heterocycles. The number of nitrogens with two attached hydrogens (primary N) is 1. The van der Waals surface area contributed by atoms with E-state index in [9.17, 15) is 18.0 Å². The number of esters is 1. The number of nitrogens with one attached hydrogen (secondary N) is 2. The first-order valence-corrected chi connectivity index (χ1v) is 12.6. The van der Waals surface area contributed by atoms with Gasteiger partial charge in [-0.25, -0.2) is 13.2 Å². The minimum Gasteiger partial charge on any atom is -0.465 e. The molecule has 0 bridgehead atoms. The third-order valence-electron chi connectivity index (χ3n) is 5.24. The fraction of sp³-hybridized carbons (Fsp3) is 0.333. The lowest BCUT2D eigenvalue weighted by Gasteiger charge is -2.29. The van der Waals surface area contributed by atoms with Crippen LogP contribution in [-0.2, 0) is 19.6 Å². The van der Waals surface area contributed by atoms with Crippen LogP contribution in [0.15, 0.2) is 48.2 Å². The molecule has 0 radical (unpaired) electrons. The molecule has 182 valence electrons. The molecule has 1 aliphatic heterocycles. The Hall–Kier alpha value is -3.37. The fourth-order valence-corrected chi connectivity index (χ4v) is 4.77. The normalized spacial score (nSPS) is 14.8. The number of hydrogen-bond acceptors (Lipinski definition) is 7. The average molecular weight is 487 g/mol. The second-order valence-corrected chi connectivity index (χ2v) is 10.8. The number of ether oxygens (including phenoxy) is 1. The van der Waals surface area contributed by atoms with Gasteiger partial charge in [0.1, 0.15) is 0 Å². The Labute approximate surface area is 200 Å². The molecule has 0 unspecified atom stereocenters. The number of methoxy groups -OCH3 is 1. The van der Waals surface area contributed by atoms with Crippen LogP contribution in [0, 0.1) is 0 Å². The lowest BCUT2D eigenvalue weighted by atomic mass is 10.0. The molecule has 1 aliphatic rings. The SMILES string of the molecule is CCC(Nc1ccc(N(CC(C)(C)N)S(C)(=O)=O)cc1)=C1C(=O)Nc2cc(C(=O)OC)ccc21. The van der Waals surface area contributed by atoms with E-state index in [0.29, 0.717) is 45.9 Å². The molecule has 34 heavy (non-hydrogen) atoms. The van der Waals surface area contributed by atoms with Crippen molar-refractivity contribution < 1.29 is 22.7 Å². The predicted octanol–water partition coefficient (Wildman–Crippen LogP) is 3.16. The summed E-state index contributed by atoms with van der Waals surface area (Å²) < 4.78 is 30.6. The van der Waals surface area contributed by atoms with Gasteiger partial charge >= 0.3 is 5.97 Å². The van der Waals surface area contributed by atoms with E-state index in [1.165, 1.54) is 11.4 Å². The molecule has 1 amide bonds. The van der Waals surface area contributed by atoms with Gasteiger partial charge in [-0.2, -0.15) is 0 Å². The summed E-state index contributed by atoms with van der Waals surface area (Å²) in [7, 11) is -2.22. The van der Waals surface area contributed by atoms with Gasteiger partial charge in [-0.1, -0.05) is 13.0 Å². The van der Waals surface area contributed by atoms with E-state index in [1.54, 1.807) is 56.3 Å². The molecule has 0 spiro atoms. The molecule has 0 saturated carbocycles. The summed E-state index contributed by atoms with van der Waals surface area (Å²) in [6.07, 6.45) is 1.69. The second-order valence-electron chi connectivity index (χ2n) is 8.84. The van der Waals surface area contributed by atoms with Crippen molar-refractivity contribution in [2.45, 2.75) is 32.7 Å². The van der Waals surface area contributed by atoms with Gasteiger partial charge in [0.2, 0.25) is 10.0 Å². The monoisotopic (exact) mass is 486 g/mol. The van der Waals surface area contributed by atoms with E-state index >= 15 is 0 Å². The molecule has 0 aromatic heterocycles. The molecule has 9 nitrogen and oxygen atoms in total. The van der Waals surface area contributed by atoms with E-state index in [0.717, 1.165) is 6.26 Å². The van der Waals surface area contributed by atoms with Crippen LogP contribution in [0.1, 0.15) is 43.1 Å². The Morgan fingerprint density at radius 2 is 1.82 bits per heavy atom. The maximum absolute atomic E-state index is 12.7. The van der Waals surface area contributed by atoms with Crippen LogP contribution in [-0.4, -0.2) is 45.7 Å². The lowest BCUT2D eigenvalue weighted by Crippen LogP contribution is -2.47.